The van der Waals surface area contributed by atoms with Gasteiger partial charge in [-0.15, -0.1) is 17.0 Å². The summed E-state index contributed by atoms with van der Waals surface area (Å²) in [7, 11) is 1.74. The molecular weight excluding hydrogens is 396 g/mol. The molecule has 1 aliphatic heterocycles. The van der Waals surface area contributed by atoms with Crippen molar-refractivity contribution in [3.8, 4) is 0 Å². The van der Waals surface area contributed by atoms with Gasteiger partial charge in [0.15, 0.2) is 5.96 Å². The molecule has 140 valence electrons. The number of guanidine groups is 1. The Bertz CT molecular complexity index is 731. The summed E-state index contributed by atoms with van der Waals surface area (Å²) in [5.41, 5.74) is 2.32. The fraction of sp³-hybridized carbons (Fsp3) is 0.368. The normalized spacial score (nSPS) is 14.3. The molecule has 1 aliphatic rings. The van der Waals surface area contributed by atoms with Crippen LogP contribution < -0.4 is 10.6 Å². The molecule has 0 saturated carbocycles. The lowest BCUT2D eigenvalue weighted by Gasteiger charge is -2.16. The van der Waals surface area contributed by atoms with Crippen LogP contribution in [0.3, 0.4) is 0 Å². The number of rotatable bonds is 6. The Labute approximate surface area is 164 Å². The third-order valence-electron chi connectivity index (χ3n) is 4.23. The Morgan fingerprint density at radius 3 is 2.69 bits per heavy atom. The standard InChI is InChI=1S/C19H24N4O2.BrH/c1-20-19(22-13-17-7-4-10-25-17)21-12-15-5-2-6-16(11-15)14-23-9-3-8-18(23)24;/h2,4-7,10-11H,3,8-9,12-14H2,1H3,(H2,20,21,22);1H. The van der Waals surface area contributed by atoms with E-state index in [9.17, 15) is 4.79 Å². The first-order valence-electron chi connectivity index (χ1n) is 8.57. The van der Waals surface area contributed by atoms with E-state index >= 15 is 0 Å². The van der Waals surface area contributed by atoms with E-state index in [-0.39, 0.29) is 22.9 Å². The van der Waals surface area contributed by atoms with Crippen LogP contribution in [0.4, 0.5) is 0 Å². The maximum Gasteiger partial charge on any atom is 0.222 e. The van der Waals surface area contributed by atoms with Crippen molar-refractivity contribution in [2.75, 3.05) is 13.6 Å². The van der Waals surface area contributed by atoms with Crippen LogP contribution in [0.25, 0.3) is 0 Å². The average Bonchev–Trinajstić information content (AvgIpc) is 3.28. The summed E-state index contributed by atoms with van der Waals surface area (Å²) in [5.74, 6) is 1.84. The van der Waals surface area contributed by atoms with E-state index in [1.54, 1.807) is 13.3 Å². The minimum Gasteiger partial charge on any atom is -0.467 e. The van der Waals surface area contributed by atoms with E-state index < -0.39 is 0 Å². The van der Waals surface area contributed by atoms with Crippen LogP contribution in [-0.4, -0.2) is 30.4 Å². The predicted octanol–water partition coefficient (Wildman–Crippen LogP) is 2.85. The SMILES string of the molecule is Br.CN=C(NCc1cccc(CN2CCCC2=O)c1)NCc1ccco1. The van der Waals surface area contributed by atoms with Gasteiger partial charge in [0, 0.05) is 33.1 Å². The molecule has 1 amide bonds. The molecule has 1 aromatic heterocycles. The molecule has 1 saturated heterocycles. The number of hydrogen-bond acceptors (Lipinski definition) is 3. The molecule has 0 aliphatic carbocycles. The number of halogens is 1. The zero-order valence-electron chi connectivity index (χ0n) is 14.9. The van der Waals surface area contributed by atoms with Crippen molar-refractivity contribution in [2.45, 2.75) is 32.5 Å². The fourth-order valence-corrected chi connectivity index (χ4v) is 2.92. The zero-order chi connectivity index (χ0) is 17.5. The first-order chi connectivity index (χ1) is 12.2. The minimum absolute atomic E-state index is 0. The van der Waals surface area contributed by atoms with E-state index in [4.69, 9.17) is 4.42 Å². The van der Waals surface area contributed by atoms with Gasteiger partial charge in [0.1, 0.15) is 5.76 Å². The molecule has 1 fully saturated rings. The molecule has 0 spiro atoms. The first-order valence-corrected chi connectivity index (χ1v) is 8.57. The smallest absolute Gasteiger partial charge is 0.222 e. The largest absolute Gasteiger partial charge is 0.467 e. The number of aliphatic imine (C=N–C) groups is 1. The summed E-state index contributed by atoms with van der Waals surface area (Å²) in [4.78, 5) is 17.9. The van der Waals surface area contributed by atoms with Crippen LogP contribution in [0.5, 0.6) is 0 Å². The highest BCUT2D eigenvalue weighted by atomic mass is 79.9. The average molecular weight is 421 g/mol. The van der Waals surface area contributed by atoms with E-state index in [1.807, 2.05) is 23.1 Å². The first kappa shape index (κ1) is 20.0. The molecule has 2 aromatic rings. The number of nitrogens with zero attached hydrogens (tertiary/aromatic N) is 2. The molecular formula is C19H25BrN4O2. The van der Waals surface area contributed by atoms with Crippen LogP contribution >= 0.6 is 17.0 Å². The van der Waals surface area contributed by atoms with Crippen LogP contribution in [0, 0.1) is 0 Å². The second-order valence-corrected chi connectivity index (χ2v) is 6.10. The number of likely N-dealkylation sites (tertiary alicyclic amines) is 1. The molecule has 2 heterocycles. The zero-order valence-corrected chi connectivity index (χ0v) is 16.6. The number of benzene rings is 1. The van der Waals surface area contributed by atoms with Gasteiger partial charge in [-0.3, -0.25) is 9.79 Å². The van der Waals surface area contributed by atoms with Crippen molar-refractivity contribution < 1.29 is 9.21 Å². The van der Waals surface area contributed by atoms with Gasteiger partial charge < -0.3 is 20.0 Å². The van der Waals surface area contributed by atoms with Gasteiger partial charge in [0.2, 0.25) is 5.91 Å². The Kier molecular flexibility index (Phi) is 7.72. The van der Waals surface area contributed by atoms with E-state index in [0.29, 0.717) is 26.1 Å². The summed E-state index contributed by atoms with van der Waals surface area (Å²) in [6, 6.07) is 12.1. The van der Waals surface area contributed by atoms with Crippen molar-refractivity contribution >= 4 is 28.8 Å². The molecule has 3 rings (SSSR count). The Balaban J connectivity index is 0.00000243. The van der Waals surface area contributed by atoms with Crippen molar-refractivity contribution in [1.82, 2.24) is 15.5 Å². The summed E-state index contributed by atoms with van der Waals surface area (Å²) in [6.07, 6.45) is 3.31. The molecule has 2 N–H and O–H groups in total. The summed E-state index contributed by atoms with van der Waals surface area (Å²) < 4.78 is 5.30. The van der Waals surface area contributed by atoms with Gasteiger partial charge in [0.25, 0.3) is 0 Å². The van der Waals surface area contributed by atoms with Gasteiger partial charge in [-0.2, -0.15) is 0 Å². The lowest BCUT2D eigenvalue weighted by Crippen LogP contribution is -2.36. The van der Waals surface area contributed by atoms with E-state index in [0.717, 1.165) is 35.8 Å². The Morgan fingerprint density at radius 2 is 2.00 bits per heavy atom. The summed E-state index contributed by atoms with van der Waals surface area (Å²) >= 11 is 0. The van der Waals surface area contributed by atoms with Crippen molar-refractivity contribution in [2.24, 2.45) is 4.99 Å². The lowest BCUT2D eigenvalue weighted by atomic mass is 10.1. The second-order valence-electron chi connectivity index (χ2n) is 6.10. The van der Waals surface area contributed by atoms with Crippen molar-refractivity contribution in [3.05, 3.63) is 59.5 Å². The van der Waals surface area contributed by atoms with Crippen LogP contribution in [0.1, 0.15) is 29.7 Å². The summed E-state index contributed by atoms with van der Waals surface area (Å²) in [6.45, 7) is 2.81. The Morgan fingerprint density at radius 1 is 1.19 bits per heavy atom. The fourth-order valence-electron chi connectivity index (χ4n) is 2.92. The quantitative estimate of drug-likeness (QED) is 0.556. The van der Waals surface area contributed by atoms with Gasteiger partial charge in [0.05, 0.1) is 12.8 Å². The molecule has 0 radical (unpaired) electrons. The van der Waals surface area contributed by atoms with Gasteiger partial charge in [-0.05, 0) is 29.7 Å². The van der Waals surface area contributed by atoms with Gasteiger partial charge in [-0.25, -0.2) is 0 Å². The van der Waals surface area contributed by atoms with E-state index in [1.165, 1.54) is 0 Å². The third-order valence-corrected chi connectivity index (χ3v) is 4.23. The maximum absolute atomic E-state index is 11.8. The molecule has 0 bridgehead atoms. The van der Waals surface area contributed by atoms with Gasteiger partial charge >= 0.3 is 0 Å². The Hall–Kier alpha value is -2.28. The lowest BCUT2D eigenvalue weighted by molar-refractivity contribution is -0.128. The molecule has 1 aromatic carbocycles. The number of nitrogens with one attached hydrogen (secondary N) is 2. The number of carbonyl (C=O) groups excluding carboxylic acids is 1. The molecule has 0 unspecified atom stereocenters. The number of carbonyl (C=O) groups is 1. The highest BCUT2D eigenvalue weighted by Gasteiger charge is 2.19. The molecule has 7 heteroatoms. The van der Waals surface area contributed by atoms with Crippen LogP contribution in [-0.2, 0) is 24.4 Å². The maximum atomic E-state index is 11.8. The number of hydrogen-bond donors (Lipinski definition) is 2. The van der Waals surface area contributed by atoms with E-state index in [2.05, 4.69) is 33.8 Å². The topological polar surface area (TPSA) is 69.9 Å². The van der Waals surface area contributed by atoms with Crippen LogP contribution in [0.15, 0.2) is 52.1 Å². The van der Waals surface area contributed by atoms with Crippen molar-refractivity contribution in [1.29, 1.82) is 0 Å². The molecule has 6 nitrogen and oxygen atoms in total. The minimum atomic E-state index is 0. The number of amides is 1. The van der Waals surface area contributed by atoms with Gasteiger partial charge in [-0.1, -0.05) is 24.3 Å². The third kappa shape index (κ3) is 5.62. The highest BCUT2D eigenvalue weighted by molar-refractivity contribution is 8.93. The molecule has 26 heavy (non-hydrogen) atoms. The number of furan rings is 1. The molecule has 0 atom stereocenters. The second kappa shape index (κ2) is 10.0. The van der Waals surface area contributed by atoms with Crippen molar-refractivity contribution in [3.63, 3.8) is 0 Å². The predicted molar refractivity (Wildman–Crippen MR) is 107 cm³/mol. The summed E-state index contributed by atoms with van der Waals surface area (Å²) in [5, 5.41) is 6.51. The monoisotopic (exact) mass is 420 g/mol. The van der Waals surface area contributed by atoms with Crippen LogP contribution in [0.2, 0.25) is 0 Å². The highest BCUT2D eigenvalue weighted by Crippen LogP contribution is 2.15.